The minimum atomic E-state index is -2.15. The van der Waals surface area contributed by atoms with Gasteiger partial charge in [0.2, 0.25) is 11.4 Å². The molecule has 3 heterocycles. The fourth-order valence-corrected chi connectivity index (χ4v) is 3.94. The highest BCUT2D eigenvalue weighted by molar-refractivity contribution is 5.99. The van der Waals surface area contributed by atoms with Gasteiger partial charge in [-0.05, 0) is 12.5 Å². The zero-order valence-electron chi connectivity index (χ0n) is 12.3. The average molecular weight is 308 g/mol. The molecule has 0 aromatic heterocycles. The van der Waals surface area contributed by atoms with Crippen molar-refractivity contribution in [3.63, 3.8) is 0 Å². The molecule has 7 nitrogen and oxygen atoms in total. The average Bonchev–Trinajstić information content (AvgIpc) is 2.92. The predicted octanol–water partition coefficient (Wildman–Crippen LogP) is -0.142. The summed E-state index contributed by atoms with van der Waals surface area (Å²) in [7, 11) is 0. The Hall–Kier alpha value is -1.89. The Morgan fingerprint density at radius 2 is 1.91 bits per heavy atom. The van der Waals surface area contributed by atoms with E-state index in [1.807, 2.05) is 6.92 Å². The number of hydrogen-bond donors (Lipinski definition) is 1. The van der Waals surface area contributed by atoms with E-state index in [-0.39, 0.29) is 36.9 Å². The molecule has 4 rings (SSSR count). The fraction of sp³-hybridized carbons (Fsp3) is 0.667. The normalized spacial score (nSPS) is 46.5. The number of hydrogen-bond acceptors (Lipinski definition) is 7. The molecule has 1 saturated heterocycles. The Morgan fingerprint density at radius 1 is 1.18 bits per heavy atom. The maximum absolute atomic E-state index is 12.7. The molecule has 0 spiro atoms. The van der Waals surface area contributed by atoms with E-state index in [2.05, 4.69) is 0 Å². The van der Waals surface area contributed by atoms with Crippen LogP contribution < -0.4 is 0 Å². The first-order valence-electron chi connectivity index (χ1n) is 7.32. The third kappa shape index (κ3) is 1.33. The molecule has 4 aliphatic rings. The molecule has 1 N–H and O–H groups in total. The van der Waals surface area contributed by atoms with Crippen molar-refractivity contribution in [3.05, 3.63) is 11.3 Å². The van der Waals surface area contributed by atoms with Gasteiger partial charge in [-0.3, -0.25) is 4.79 Å². The lowest BCUT2D eigenvalue weighted by atomic mass is 9.67. The first-order valence-corrected chi connectivity index (χ1v) is 7.32. The minimum Gasteiger partial charge on any atom is -0.482 e. The number of cyclic esters (lactones) is 1. The molecule has 5 atom stereocenters. The standard InChI is InChI=1S/C15H16O7/c1-6-7-3-10-15(19)13(18)20-5-14(15,2)9(16)4-8(6)21-11(7)12(17)22-10/h6,8,10,19H,3-5H2,1-2H3/t6-,8+,10+,14-,15+/m0/s1. The van der Waals surface area contributed by atoms with Crippen LogP contribution in [0.3, 0.4) is 0 Å². The number of ketones is 1. The Bertz CT molecular complexity index is 650. The Balaban J connectivity index is 1.92. The summed E-state index contributed by atoms with van der Waals surface area (Å²) in [5.74, 6) is -1.92. The molecular weight excluding hydrogens is 292 g/mol. The van der Waals surface area contributed by atoms with Crippen molar-refractivity contribution < 1.29 is 33.7 Å². The Morgan fingerprint density at radius 3 is 2.64 bits per heavy atom. The molecule has 22 heavy (non-hydrogen) atoms. The number of Topliss-reactive ketones (excluding diaryl/α,β-unsaturated/α-hetero) is 1. The van der Waals surface area contributed by atoms with Crippen molar-refractivity contribution in [1.29, 1.82) is 0 Å². The zero-order chi connectivity index (χ0) is 15.9. The lowest BCUT2D eigenvalue weighted by molar-refractivity contribution is -0.192. The lowest BCUT2D eigenvalue weighted by Gasteiger charge is -2.40. The van der Waals surface area contributed by atoms with Crippen LogP contribution in [0.1, 0.15) is 26.7 Å². The van der Waals surface area contributed by atoms with Gasteiger partial charge in [0.1, 0.15) is 30.0 Å². The van der Waals surface area contributed by atoms with Gasteiger partial charge in [-0.25, -0.2) is 9.59 Å². The maximum atomic E-state index is 12.7. The van der Waals surface area contributed by atoms with Crippen LogP contribution in [0, 0.1) is 11.3 Å². The van der Waals surface area contributed by atoms with E-state index in [0.717, 1.165) is 0 Å². The van der Waals surface area contributed by atoms with Crippen molar-refractivity contribution in [2.24, 2.45) is 11.3 Å². The van der Waals surface area contributed by atoms with Crippen molar-refractivity contribution in [3.8, 4) is 0 Å². The number of carbonyl (C=O) groups is 3. The first kappa shape index (κ1) is 13.8. The van der Waals surface area contributed by atoms with E-state index >= 15 is 0 Å². The molecule has 1 saturated carbocycles. The summed E-state index contributed by atoms with van der Waals surface area (Å²) < 4.78 is 15.8. The van der Waals surface area contributed by atoms with Crippen LogP contribution in [0.5, 0.6) is 0 Å². The molecule has 3 bridgehead atoms. The third-order valence-electron chi connectivity index (χ3n) is 5.62. The molecule has 2 fully saturated rings. The molecule has 7 heteroatoms. The number of ether oxygens (including phenoxy) is 3. The summed E-state index contributed by atoms with van der Waals surface area (Å²) >= 11 is 0. The number of fused-ring (bicyclic) bond motifs is 4. The van der Waals surface area contributed by atoms with Crippen LogP contribution in [0.2, 0.25) is 0 Å². The monoisotopic (exact) mass is 308 g/mol. The first-order chi connectivity index (χ1) is 10.3. The topological polar surface area (TPSA) is 99.1 Å². The quantitative estimate of drug-likeness (QED) is 0.622. The van der Waals surface area contributed by atoms with Crippen LogP contribution in [0.15, 0.2) is 11.3 Å². The van der Waals surface area contributed by atoms with Gasteiger partial charge >= 0.3 is 11.9 Å². The largest absolute Gasteiger partial charge is 0.482 e. The van der Waals surface area contributed by atoms with Crippen molar-refractivity contribution >= 4 is 17.7 Å². The summed E-state index contributed by atoms with van der Waals surface area (Å²) in [6.07, 6.45) is -1.42. The second-order valence-electron chi connectivity index (χ2n) is 6.70. The predicted molar refractivity (Wildman–Crippen MR) is 69.2 cm³/mol. The van der Waals surface area contributed by atoms with Crippen LogP contribution in [-0.2, 0) is 28.6 Å². The zero-order valence-corrected chi connectivity index (χ0v) is 12.3. The SMILES string of the molecule is C[C@H]1C2=C3O[C@@H]1CC(=O)[C@]1(C)COC(=O)[C@]1(O)[C@@H](C2)OC3=O. The van der Waals surface area contributed by atoms with E-state index < -0.39 is 35.2 Å². The minimum absolute atomic E-state index is 0.0175. The van der Waals surface area contributed by atoms with E-state index in [0.29, 0.717) is 5.57 Å². The van der Waals surface area contributed by atoms with Gasteiger partial charge in [-0.2, -0.15) is 0 Å². The van der Waals surface area contributed by atoms with E-state index in [4.69, 9.17) is 14.2 Å². The number of carbonyl (C=O) groups excluding carboxylic acids is 3. The molecule has 0 aromatic rings. The van der Waals surface area contributed by atoms with Crippen LogP contribution >= 0.6 is 0 Å². The Labute approximate surface area is 126 Å². The lowest BCUT2D eigenvalue weighted by Crippen LogP contribution is -2.62. The smallest absolute Gasteiger partial charge is 0.373 e. The molecule has 0 amide bonds. The van der Waals surface area contributed by atoms with Gasteiger partial charge in [0.15, 0.2) is 0 Å². The van der Waals surface area contributed by atoms with Crippen molar-refractivity contribution in [1.82, 2.24) is 0 Å². The highest BCUT2D eigenvalue weighted by atomic mass is 16.6. The van der Waals surface area contributed by atoms with Gasteiger partial charge in [0.25, 0.3) is 0 Å². The summed E-state index contributed by atoms with van der Waals surface area (Å²) in [5.41, 5.74) is -2.89. The Kier molecular flexibility index (Phi) is 2.44. The molecule has 0 unspecified atom stereocenters. The highest BCUT2D eigenvalue weighted by Gasteiger charge is 2.70. The summed E-state index contributed by atoms with van der Waals surface area (Å²) in [6.45, 7) is 3.14. The number of aliphatic hydroxyl groups is 1. The van der Waals surface area contributed by atoms with Crippen LogP contribution in [0.25, 0.3) is 0 Å². The highest BCUT2D eigenvalue weighted by Crippen LogP contribution is 2.51. The van der Waals surface area contributed by atoms with E-state index in [1.165, 1.54) is 6.92 Å². The van der Waals surface area contributed by atoms with Gasteiger partial charge in [0.05, 0.1) is 0 Å². The second-order valence-corrected chi connectivity index (χ2v) is 6.70. The molecule has 0 aromatic carbocycles. The number of esters is 2. The van der Waals surface area contributed by atoms with Crippen molar-refractivity contribution in [2.75, 3.05) is 6.61 Å². The summed E-state index contributed by atoms with van der Waals surface area (Å²) in [6, 6.07) is 0. The molecule has 1 aliphatic carbocycles. The maximum Gasteiger partial charge on any atom is 0.373 e. The van der Waals surface area contributed by atoms with Crippen LogP contribution in [-0.4, -0.2) is 47.2 Å². The summed E-state index contributed by atoms with van der Waals surface area (Å²) in [4.78, 5) is 37.1. The van der Waals surface area contributed by atoms with E-state index in [1.54, 1.807) is 0 Å². The number of rotatable bonds is 0. The second kappa shape index (κ2) is 3.90. The third-order valence-corrected chi connectivity index (χ3v) is 5.62. The summed E-state index contributed by atoms with van der Waals surface area (Å²) in [5, 5.41) is 11.0. The van der Waals surface area contributed by atoms with Gasteiger partial charge in [-0.15, -0.1) is 0 Å². The van der Waals surface area contributed by atoms with Crippen molar-refractivity contribution in [2.45, 2.75) is 44.5 Å². The van der Waals surface area contributed by atoms with Crippen LogP contribution in [0.4, 0.5) is 0 Å². The van der Waals surface area contributed by atoms with Gasteiger partial charge < -0.3 is 19.3 Å². The molecular formula is C15H16O7. The fourth-order valence-electron chi connectivity index (χ4n) is 3.94. The van der Waals surface area contributed by atoms with Gasteiger partial charge in [-0.1, -0.05) is 6.92 Å². The molecule has 3 aliphatic heterocycles. The molecule has 118 valence electrons. The van der Waals surface area contributed by atoms with E-state index in [9.17, 15) is 19.5 Å². The molecule has 0 radical (unpaired) electrons. The van der Waals surface area contributed by atoms with Gasteiger partial charge in [0, 0.05) is 18.8 Å².